The van der Waals surface area contributed by atoms with Gasteiger partial charge < -0.3 is 10.2 Å². The Morgan fingerprint density at radius 3 is 0.975 bits per heavy atom. The maximum absolute atomic E-state index is 10.2. The molecule has 40 heavy (non-hydrogen) atoms. The zero-order valence-corrected chi connectivity index (χ0v) is 32.7. The van der Waals surface area contributed by atoms with E-state index in [0.717, 1.165) is 35.9 Å². The standard InChI is InChI=1S/2C12H24O2.2C4H9.C2H6Si.Sn/c2*1-2-3-4-5-6-7-8-9-10-11-12(13)14;2*1-3-4-2;1-2-3;/h2*2-11H2,1H3,(H,13,14);2*1,3-4H2,2H3;2H,1H2,3H3;. The van der Waals surface area contributed by atoms with E-state index in [1.165, 1.54) is 116 Å². The van der Waals surface area contributed by atoms with Gasteiger partial charge in [0, 0.05) is 23.1 Å². The summed E-state index contributed by atoms with van der Waals surface area (Å²) in [5, 5.41) is 16.8. The fourth-order valence-electron chi connectivity index (χ4n) is 3.90. The summed E-state index contributed by atoms with van der Waals surface area (Å²) < 4.78 is 3.25. The second kappa shape index (κ2) is 48.4. The van der Waals surface area contributed by atoms with Gasteiger partial charge in [-0.25, -0.2) is 0 Å². The van der Waals surface area contributed by atoms with Crippen molar-refractivity contribution in [3.05, 3.63) is 12.3 Å². The predicted molar refractivity (Wildman–Crippen MR) is 184 cm³/mol. The molecule has 0 aromatic heterocycles. The van der Waals surface area contributed by atoms with E-state index < -0.39 is 11.9 Å². The van der Waals surface area contributed by atoms with Crippen LogP contribution in [0.25, 0.3) is 0 Å². The molecule has 0 bridgehead atoms. The van der Waals surface area contributed by atoms with Crippen LogP contribution >= 0.6 is 0 Å². The molecule has 2 radical (unpaired) electrons. The van der Waals surface area contributed by atoms with Gasteiger partial charge in [-0.05, 0) is 12.8 Å². The molecule has 0 aliphatic heterocycles. The third-order valence-electron chi connectivity index (χ3n) is 6.40. The zero-order valence-electron chi connectivity index (χ0n) is 27.9. The van der Waals surface area contributed by atoms with Gasteiger partial charge >= 0.3 is 81.5 Å². The minimum atomic E-state index is -0.659. The zero-order chi connectivity index (χ0) is 31.0. The van der Waals surface area contributed by atoms with Gasteiger partial charge in [0.15, 0.2) is 0 Å². The summed E-state index contributed by atoms with van der Waals surface area (Å²) in [6.07, 6.45) is 28.8. The molecule has 0 aliphatic rings. The van der Waals surface area contributed by atoms with Gasteiger partial charge in [0.05, 0.1) is 0 Å². The van der Waals surface area contributed by atoms with E-state index in [9.17, 15) is 9.59 Å². The molecule has 6 heteroatoms. The van der Waals surface area contributed by atoms with Crippen LogP contribution in [-0.2, 0) is 9.59 Å². The van der Waals surface area contributed by atoms with Crippen molar-refractivity contribution in [3.8, 4) is 0 Å². The normalized spacial score (nSPS) is 9.90. The van der Waals surface area contributed by atoms with E-state index in [1.54, 1.807) is 8.87 Å². The SMILES string of the molecule is C=C[SiH3].CCCCCCCCCCCC(=O)O.CCCCCCCCCCCC(=O)O.CCC[CH2][Sn][CH2]CCC. The Kier molecular flexibility index (Phi) is 56.5. The molecular weight excluding hydrogens is 619 g/mol. The van der Waals surface area contributed by atoms with Crippen molar-refractivity contribution >= 4 is 43.3 Å². The molecule has 0 amide bonds. The van der Waals surface area contributed by atoms with E-state index in [2.05, 4.69) is 34.3 Å². The first-order chi connectivity index (χ1) is 19.4. The number of unbranched alkanes of at least 4 members (excludes halogenated alkanes) is 18. The van der Waals surface area contributed by atoms with Crippen molar-refractivity contribution < 1.29 is 19.8 Å². The van der Waals surface area contributed by atoms with Crippen LogP contribution in [0.3, 0.4) is 0 Å². The van der Waals surface area contributed by atoms with Gasteiger partial charge in [0.1, 0.15) is 0 Å². The van der Waals surface area contributed by atoms with E-state index in [0.29, 0.717) is 12.8 Å². The van der Waals surface area contributed by atoms with Crippen LogP contribution in [-0.4, -0.2) is 53.5 Å². The summed E-state index contributed by atoms with van der Waals surface area (Å²) in [4.78, 5) is 20.4. The van der Waals surface area contributed by atoms with Crippen LogP contribution in [0.2, 0.25) is 8.87 Å². The molecule has 4 nitrogen and oxygen atoms in total. The Balaban J connectivity index is -0.000000236. The number of carboxylic acid groups (broad SMARTS) is 2. The molecule has 0 saturated heterocycles. The van der Waals surface area contributed by atoms with Crippen LogP contribution in [0.1, 0.15) is 182 Å². The van der Waals surface area contributed by atoms with E-state index in [-0.39, 0.29) is 21.1 Å². The average molecular weight is 692 g/mol. The summed E-state index contributed by atoms with van der Waals surface area (Å²) in [7, 11) is 1.13. The molecule has 0 aromatic carbocycles. The van der Waals surface area contributed by atoms with Gasteiger partial charge in [-0.2, -0.15) is 0 Å². The quantitative estimate of drug-likeness (QED) is 0.0699. The topological polar surface area (TPSA) is 74.6 Å². The molecule has 0 heterocycles. The molecule has 0 unspecified atom stereocenters. The number of aliphatic carboxylic acids is 2. The van der Waals surface area contributed by atoms with E-state index >= 15 is 0 Å². The first-order valence-electron chi connectivity index (χ1n) is 17.1. The molecule has 0 rings (SSSR count). The Hall–Kier alpha value is -0.304. The van der Waals surface area contributed by atoms with Crippen molar-refractivity contribution in [2.75, 3.05) is 0 Å². The van der Waals surface area contributed by atoms with E-state index in [1.807, 2.05) is 5.70 Å². The van der Waals surface area contributed by atoms with Gasteiger partial charge in [-0.15, -0.1) is 12.3 Å². The second-order valence-electron chi connectivity index (χ2n) is 10.8. The fourth-order valence-corrected chi connectivity index (χ4v) is 8.06. The molecule has 0 fully saturated rings. The number of carbonyl (C=O) groups is 2. The molecule has 0 atom stereocenters. The van der Waals surface area contributed by atoms with Crippen molar-refractivity contribution in [2.45, 2.75) is 191 Å². The molecular formula is C34H72O4SiSn. The first-order valence-corrected chi connectivity index (χ1v) is 22.3. The first kappa shape index (κ1) is 46.6. The molecule has 240 valence electrons. The van der Waals surface area contributed by atoms with Gasteiger partial charge in [0.2, 0.25) is 0 Å². The predicted octanol–water partition coefficient (Wildman–Crippen LogP) is 10.6. The summed E-state index contributed by atoms with van der Waals surface area (Å²) >= 11 is 0.149. The number of hydrogen-bond donors (Lipinski definition) is 2. The van der Waals surface area contributed by atoms with Crippen LogP contribution in [0.15, 0.2) is 12.3 Å². The maximum atomic E-state index is 10.2. The van der Waals surface area contributed by atoms with Gasteiger partial charge in [-0.1, -0.05) is 117 Å². The monoisotopic (exact) mass is 692 g/mol. The molecule has 0 aliphatic carbocycles. The summed E-state index contributed by atoms with van der Waals surface area (Å²) in [6.45, 7) is 12.5. The summed E-state index contributed by atoms with van der Waals surface area (Å²) in [5.41, 5.74) is 1.89. The van der Waals surface area contributed by atoms with Crippen molar-refractivity contribution in [1.29, 1.82) is 0 Å². The fraction of sp³-hybridized carbons (Fsp3) is 0.882. The van der Waals surface area contributed by atoms with Crippen molar-refractivity contribution in [1.82, 2.24) is 0 Å². The Bertz CT molecular complexity index is 437. The number of hydrogen-bond acceptors (Lipinski definition) is 2. The second-order valence-corrected chi connectivity index (χ2v) is 15.9. The summed E-state index contributed by atoms with van der Waals surface area (Å²) in [6, 6.07) is 0. The van der Waals surface area contributed by atoms with Crippen molar-refractivity contribution in [3.63, 3.8) is 0 Å². The Morgan fingerprint density at radius 2 is 0.750 bits per heavy atom. The number of carboxylic acids is 2. The van der Waals surface area contributed by atoms with Crippen LogP contribution in [0.4, 0.5) is 0 Å². The average Bonchev–Trinajstić information content (AvgIpc) is 2.92. The summed E-state index contributed by atoms with van der Waals surface area (Å²) in [5.74, 6) is -1.32. The van der Waals surface area contributed by atoms with E-state index in [4.69, 9.17) is 10.2 Å². The molecule has 0 saturated carbocycles. The van der Waals surface area contributed by atoms with Gasteiger partial charge in [0.25, 0.3) is 0 Å². The molecule has 0 spiro atoms. The third-order valence-corrected chi connectivity index (χ3v) is 10.4. The van der Waals surface area contributed by atoms with Crippen molar-refractivity contribution in [2.24, 2.45) is 0 Å². The molecule has 0 aromatic rings. The van der Waals surface area contributed by atoms with Gasteiger partial charge in [-0.3, -0.25) is 9.59 Å². The third kappa shape index (κ3) is 66.2. The van der Waals surface area contributed by atoms with Crippen LogP contribution in [0, 0.1) is 0 Å². The molecule has 2 N–H and O–H groups in total. The van der Waals surface area contributed by atoms with Crippen LogP contribution < -0.4 is 0 Å². The minimum absolute atomic E-state index is 0.149. The number of rotatable bonds is 26. The van der Waals surface area contributed by atoms with Crippen LogP contribution in [0.5, 0.6) is 0 Å². The Labute approximate surface area is 265 Å². The Morgan fingerprint density at radius 1 is 0.525 bits per heavy atom.